The highest BCUT2D eigenvalue weighted by Gasteiger charge is 2.18. The molecule has 0 saturated carbocycles. The van der Waals surface area contributed by atoms with Crippen molar-refractivity contribution in [3.05, 3.63) is 83.6 Å². The molecule has 1 N–H and O–H groups in total. The second kappa shape index (κ2) is 10.8. The molecule has 0 spiro atoms. The highest BCUT2D eigenvalue weighted by Crippen LogP contribution is 2.23. The van der Waals surface area contributed by atoms with E-state index in [1.807, 2.05) is 60.7 Å². The van der Waals surface area contributed by atoms with E-state index in [9.17, 15) is 4.79 Å². The Morgan fingerprint density at radius 1 is 0.970 bits per heavy atom. The molecule has 0 bridgehead atoms. The van der Waals surface area contributed by atoms with Gasteiger partial charge in [0.2, 0.25) is 0 Å². The van der Waals surface area contributed by atoms with Gasteiger partial charge in [-0.3, -0.25) is 4.79 Å². The first-order valence-electron chi connectivity index (χ1n) is 11.0. The first kappa shape index (κ1) is 22.6. The van der Waals surface area contributed by atoms with Gasteiger partial charge in [-0.15, -0.1) is 0 Å². The second-order valence-corrected chi connectivity index (χ2v) is 7.86. The van der Waals surface area contributed by atoms with Crippen molar-refractivity contribution in [1.82, 2.24) is 10.3 Å². The molecular formula is C26H29N3O4. The number of hydrogen-bond donors (Lipinski definition) is 1. The number of nitrogens with zero attached hydrogens (tertiary/aromatic N) is 2. The van der Waals surface area contributed by atoms with Crippen LogP contribution in [0.2, 0.25) is 0 Å². The Hall–Kier alpha value is -3.58. The molecule has 1 aliphatic heterocycles. The minimum atomic E-state index is -0.212. The Balaban J connectivity index is 1.50. The number of amides is 1. The van der Waals surface area contributed by atoms with E-state index < -0.39 is 0 Å². The molecule has 1 aliphatic rings. The Morgan fingerprint density at radius 3 is 2.18 bits per heavy atom. The maximum Gasteiger partial charge on any atom is 0.253 e. The molecule has 1 saturated heterocycles. The summed E-state index contributed by atoms with van der Waals surface area (Å²) in [4.78, 5) is 19.8. The predicted octanol–water partition coefficient (Wildman–Crippen LogP) is 3.65. The van der Waals surface area contributed by atoms with Gasteiger partial charge in [-0.2, -0.15) is 0 Å². The lowest BCUT2D eigenvalue weighted by Gasteiger charge is -2.27. The molecule has 3 aromatic rings. The highest BCUT2D eigenvalue weighted by molar-refractivity contribution is 5.94. The summed E-state index contributed by atoms with van der Waals surface area (Å²) in [6, 6.07) is 19.2. The number of nitrogens with one attached hydrogen (secondary N) is 1. The molecule has 1 aromatic heterocycles. The van der Waals surface area contributed by atoms with Crippen molar-refractivity contribution in [2.24, 2.45) is 0 Å². The molecule has 7 nitrogen and oxygen atoms in total. The molecule has 7 heteroatoms. The standard InChI is InChI=1S/C26H29N3O4/c1-31-22-8-3-19(4-9-22)17-24(20-5-10-23(32-2)11-6-20)28-26(30)21-7-12-25(27-18-21)29-13-15-33-16-14-29/h3-12,18,24H,13-17H2,1-2H3,(H,28,30). The number of ether oxygens (including phenoxy) is 3. The normalized spacial score (nSPS) is 14.4. The lowest BCUT2D eigenvalue weighted by Crippen LogP contribution is -2.36. The van der Waals surface area contributed by atoms with Gasteiger partial charge < -0.3 is 24.4 Å². The van der Waals surface area contributed by atoms with Gasteiger partial charge in [-0.1, -0.05) is 24.3 Å². The van der Waals surface area contributed by atoms with Gasteiger partial charge in [-0.25, -0.2) is 4.98 Å². The van der Waals surface area contributed by atoms with E-state index in [-0.39, 0.29) is 11.9 Å². The van der Waals surface area contributed by atoms with E-state index in [1.54, 1.807) is 20.4 Å². The van der Waals surface area contributed by atoms with Crippen molar-refractivity contribution in [2.75, 3.05) is 45.4 Å². The third-order valence-corrected chi connectivity index (χ3v) is 5.77. The van der Waals surface area contributed by atoms with Crippen LogP contribution in [0.5, 0.6) is 11.5 Å². The van der Waals surface area contributed by atoms with Crippen LogP contribution in [0, 0.1) is 0 Å². The fourth-order valence-corrected chi connectivity index (χ4v) is 3.83. The smallest absolute Gasteiger partial charge is 0.253 e. The van der Waals surface area contributed by atoms with Crippen molar-refractivity contribution in [3.8, 4) is 11.5 Å². The van der Waals surface area contributed by atoms with Gasteiger partial charge in [0.05, 0.1) is 39.0 Å². The average Bonchev–Trinajstić information content (AvgIpc) is 2.89. The lowest BCUT2D eigenvalue weighted by molar-refractivity contribution is 0.0936. The number of carbonyl (C=O) groups excluding carboxylic acids is 1. The van der Waals surface area contributed by atoms with E-state index in [0.29, 0.717) is 25.2 Å². The van der Waals surface area contributed by atoms with Crippen molar-refractivity contribution < 1.29 is 19.0 Å². The maximum atomic E-state index is 13.1. The van der Waals surface area contributed by atoms with E-state index in [1.165, 1.54) is 0 Å². The first-order chi connectivity index (χ1) is 16.2. The summed E-state index contributed by atoms with van der Waals surface area (Å²) >= 11 is 0. The maximum absolute atomic E-state index is 13.1. The topological polar surface area (TPSA) is 72.9 Å². The van der Waals surface area contributed by atoms with Crippen LogP contribution in [0.25, 0.3) is 0 Å². The van der Waals surface area contributed by atoms with Gasteiger partial charge in [0.25, 0.3) is 5.91 Å². The number of morpholine rings is 1. The summed E-state index contributed by atoms with van der Waals surface area (Å²) in [7, 11) is 3.28. The number of aromatic nitrogens is 1. The molecule has 1 unspecified atom stereocenters. The van der Waals surface area contributed by atoms with Crippen LogP contribution < -0.4 is 19.7 Å². The summed E-state index contributed by atoms with van der Waals surface area (Å²) in [5.41, 5.74) is 2.62. The number of methoxy groups -OCH3 is 2. The molecule has 4 rings (SSSR count). The molecule has 2 aromatic carbocycles. The van der Waals surface area contributed by atoms with Gasteiger partial charge in [0.1, 0.15) is 17.3 Å². The highest BCUT2D eigenvalue weighted by atomic mass is 16.5. The Kier molecular flexibility index (Phi) is 7.42. The monoisotopic (exact) mass is 447 g/mol. The quantitative estimate of drug-likeness (QED) is 0.568. The van der Waals surface area contributed by atoms with Crippen molar-refractivity contribution in [3.63, 3.8) is 0 Å². The van der Waals surface area contributed by atoms with Crippen molar-refractivity contribution in [2.45, 2.75) is 12.5 Å². The molecule has 1 fully saturated rings. The van der Waals surface area contributed by atoms with Gasteiger partial charge >= 0.3 is 0 Å². The Labute approximate surface area is 194 Å². The predicted molar refractivity (Wildman–Crippen MR) is 127 cm³/mol. The van der Waals surface area contributed by atoms with Crippen LogP contribution >= 0.6 is 0 Å². The summed E-state index contributed by atoms with van der Waals surface area (Å²) in [5.74, 6) is 2.27. The summed E-state index contributed by atoms with van der Waals surface area (Å²) < 4.78 is 15.9. The number of rotatable bonds is 8. The second-order valence-electron chi connectivity index (χ2n) is 7.86. The van der Waals surface area contributed by atoms with Crippen LogP contribution in [0.3, 0.4) is 0 Å². The molecular weight excluding hydrogens is 418 g/mol. The number of pyridine rings is 1. The van der Waals surface area contributed by atoms with Crippen LogP contribution in [0.1, 0.15) is 27.5 Å². The Bertz CT molecular complexity index is 1030. The zero-order chi connectivity index (χ0) is 23.0. The molecule has 1 amide bonds. The van der Waals surface area contributed by atoms with Crippen LogP contribution in [-0.2, 0) is 11.2 Å². The van der Waals surface area contributed by atoms with Crippen molar-refractivity contribution in [1.29, 1.82) is 0 Å². The molecule has 2 heterocycles. The van der Waals surface area contributed by atoms with E-state index in [2.05, 4.69) is 15.2 Å². The molecule has 1 atom stereocenters. The zero-order valence-electron chi connectivity index (χ0n) is 19.0. The number of anilines is 1. The van der Waals surface area contributed by atoms with Crippen LogP contribution in [-0.4, -0.2) is 51.4 Å². The minimum Gasteiger partial charge on any atom is -0.497 e. The number of hydrogen-bond acceptors (Lipinski definition) is 6. The molecule has 0 radical (unpaired) electrons. The number of carbonyl (C=O) groups is 1. The van der Waals surface area contributed by atoms with Crippen LogP contribution in [0.15, 0.2) is 66.9 Å². The van der Waals surface area contributed by atoms with Crippen LogP contribution in [0.4, 0.5) is 5.82 Å². The van der Waals surface area contributed by atoms with Gasteiger partial charge in [-0.05, 0) is 53.9 Å². The fraction of sp³-hybridized carbons (Fsp3) is 0.308. The molecule has 172 valence electrons. The first-order valence-corrected chi connectivity index (χ1v) is 11.0. The third kappa shape index (κ3) is 5.81. The SMILES string of the molecule is COc1ccc(CC(NC(=O)c2ccc(N3CCOCC3)nc2)c2ccc(OC)cc2)cc1. The Morgan fingerprint density at radius 2 is 1.61 bits per heavy atom. The van der Waals surface area contributed by atoms with Crippen molar-refractivity contribution >= 4 is 11.7 Å². The minimum absolute atomic E-state index is 0.162. The van der Waals surface area contributed by atoms with E-state index in [0.717, 1.165) is 41.5 Å². The van der Waals surface area contributed by atoms with Gasteiger partial charge in [0.15, 0.2) is 0 Å². The zero-order valence-corrected chi connectivity index (χ0v) is 19.0. The summed E-state index contributed by atoms with van der Waals surface area (Å²) in [6.45, 7) is 3.00. The van der Waals surface area contributed by atoms with Gasteiger partial charge in [0, 0.05) is 19.3 Å². The number of benzene rings is 2. The average molecular weight is 448 g/mol. The van der Waals surface area contributed by atoms with E-state index in [4.69, 9.17) is 14.2 Å². The van der Waals surface area contributed by atoms with E-state index >= 15 is 0 Å². The summed E-state index contributed by atoms with van der Waals surface area (Å²) in [6.07, 6.45) is 2.28. The fourth-order valence-electron chi connectivity index (χ4n) is 3.83. The third-order valence-electron chi connectivity index (χ3n) is 5.77. The summed E-state index contributed by atoms with van der Waals surface area (Å²) in [5, 5.41) is 3.18. The molecule has 0 aliphatic carbocycles. The molecule has 33 heavy (non-hydrogen) atoms. The largest absolute Gasteiger partial charge is 0.497 e. The lowest BCUT2D eigenvalue weighted by atomic mass is 9.98.